The first-order valence-corrected chi connectivity index (χ1v) is 10.5. The maximum atomic E-state index is 12.9. The number of carbonyl (C=O) groups is 1. The van der Waals surface area contributed by atoms with Crippen LogP contribution >= 0.6 is 11.2 Å². The number of halogens is 3. The minimum atomic E-state index is -4.55. The first-order chi connectivity index (χ1) is 13.3. The topological polar surface area (TPSA) is 46.4 Å². The molecule has 0 spiro atoms. The lowest BCUT2D eigenvalue weighted by atomic mass is 9.79. The van der Waals surface area contributed by atoms with E-state index in [0.29, 0.717) is 6.54 Å². The van der Waals surface area contributed by atoms with E-state index in [0.717, 1.165) is 37.1 Å². The third kappa shape index (κ3) is 4.67. The fraction of sp³-hybridized carbons (Fsp3) is 0.550. The predicted octanol–water partition coefficient (Wildman–Crippen LogP) is 4.99. The normalized spacial score (nSPS) is 16.7. The number of carbonyl (C=O) groups excluding carboxylic acids is 1. The van der Waals surface area contributed by atoms with Crippen LogP contribution in [0, 0.1) is 17.0 Å². The minimum Gasteiger partial charge on any atom is -0.351 e. The summed E-state index contributed by atoms with van der Waals surface area (Å²) in [5.74, 6) is 1.18. The molecule has 1 aliphatic rings. The first-order valence-electron chi connectivity index (χ1n) is 9.43. The van der Waals surface area contributed by atoms with Gasteiger partial charge in [-0.3, -0.25) is 9.20 Å². The van der Waals surface area contributed by atoms with Gasteiger partial charge in [0.1, 0.15) is 11.3 Å². The Balaban J connectivity index is 1.70. The van der Waals surface area contributed by atoms with Crippen LogP contribution in [0.5, 0.6) is 0 Å². The molecule has 2 aromatic heterocycles. The summed E-state index contributed by atoms with van der Waals surface area (Å²) in [5.41, 5.74) is 5.04. The highest BCUT2D eigenvalue weighted by atomic mass is 32.1. The zero-order chi connectivity index (χ0) is 20.4. The smallest absolute Gasteiger partial charge is 0.351 e. The summed E-state index contributed by atoms with van der Waals surface area (Å²) in [6.45, 7) is 2.60. The Morgan fingerprint density at radius 1 is 1.39 bits per heavy atom. The van der Waals surface area contributed by atoms with Gasteiger partial charge >= 0.3 is 6.18 Å². The quantitative estimate of drug-likeness (QED) is 0.665. The van der Waals surface area contributed by atoms with Crippen molar-refractivity contribution in [1.29, 1.82) is 0 Å². The number of hydrogen-bond acceptors (Lipinski definition) is 2. The second-order valence-corrected chi connectivity index (χ2v) is 8.20. The zero-order valence-corrected chi connectivity index (χ0v) is 16.6. The number of hydrogen-bond donors (Lipinski definition) is 1. The molecule has 3 rings (SSSR count). The van der Waals surface area contributed by atoms with Gasteiger partial charge in [0.2, 0.25) is 0 Å². The van der Waals surface area contributed by atoms with Gasteiger partial charge in [-0.25, -0.2) is 4.98 Å². The number of alkyl halides is 3. The Morgan fingerprint density at radius 2 is 2.14 bits per heavy atom. The van der Waals surface area contributed by atoms with Gasteiger partial charge in [0.25, 0.3) is 5.91 Å². The number of pyridine rings is 1. The van der Waals surface area contributed by atoms with Gasteiger partial charge < -0.3 is 5.32 Å². The lowest BCUT2D eigenvalue weighted by Crippen LogP contribution is -2.32. The number of nitrogens with zero attached hydrogens (tertiary/aromatic N) is 2. The van der Waals surface area contributed by atoms with Crippen LogP contribution in [0.25, 0.3) is 5.65 Å². The van der Waals surface area contributed by atoms with Crippen molar-refractivity contribution in [2.24, 2.45) is 11.3 Å². The molecule has 2 aromatic rings. The molecule has 28 heavy (non-hydrogen) atoms. The number of amides is 1. The van der Waals surface area contributed by atoms with E-state index < -0.39 is 17.8 Å². The van der Waals surface area contributed by atoms with Crippen molar-refractivity contribution < 1.29 is 18.0 Å². The molecule has 152 valence electrons. The van der Waals surface area contributed by atoms with Crippen LogP contribution in [0.3, 0.4) is 0 Å². The van der Waals surface area contributed by atoms with Crippen LogP contribution in [0.2, 0.25) is 0 Å². The van der Waals surface area contributed by atoms with Gasteiger partial charge in [0.15, 0.2) is 5.69 Å². The highest BCUT2D eigenvalue weighted by Gasteiger charge is 2.36. The first kappa shape index (κ1) is 20.7. The average molecular weight is 411 g/mol. The molecule has 0 saturated heterocycles. The van der Waals surface area contributed by atoms with E-state index in [4.69, 9.17) is 5.69 Å². The van der Waals surface area contributed by atoms with E-state index in [1.54, 1.807) is 0 Å². The van der Waals surface area contributed by atoms with Gasteiger partial charge in [-0.05, 0) is 42.7 Å². The summed E-state index contributed by atoms with van der Waals surface area (Å²) >= 11 is 1.33. The van der Waals surface area contributed by atoms with Gasteiger partial charge in [-0.1, -0.05) is 25.8 Å². The van der Waals surface area contributed by atoms with Crippen molar-refractivity contribution in [2.45, 2.75) is 45.2 Å². The van der Waals surface area contributed by atoms with Crippen molar-refractivity contribution in [1.82, 2.24) is 14.7 Å². The third-order valence-corrected chi connectivity index (χ3v) is 6.29. The molecule has 2 heterocycles. The number of rotatable bonds is 8. The average Bonchev–Trinajstić information content (AvgIpc) is 3.33. The highest BCUT2D eigenvalue weighted by molar-refractivity contribution is 7.88. The van der Waals surface area contributed by atoms with Gasteiger partial charge in [-0.2, -0.15) is 13.2 Å². The van der Waals surface area contributed by atoms with Crippen molar-refractivity contribution in [2.75, 3.05) is 12.3 Å². The molecule has 0 aromatic carbocycles. The van der Waals surface area contributed by atoms with E-state index in [-0.39, 0.29) is 16.8 Å². The number of nitrogens with one attached hydrogen (secondary N) is 1. The SMILES string of the molecule is C#SCC(CC)(CCNC(=O)c1cccc2nc(C(F)(F)F)cn12)CC1CC1. The Labute approximate surface area is 166 Å². The summed E-state index contributed by atoms with van der Waals surface area (Å²) in [6, 6.07) is 4.48. The molecular weight excluding hydrogens is 387 g/mol. The van der Waals surface area contributed by atoms with Gasteiger partial charge in [-0.15, -0.1) is 16.9 Å². The van der Waals surface area contributed by atoms with Crippen LogP contribution in [0.4, 0.5) is 13.2 Å². The van der Waals surface area contributed by atoms with Crippen LogP contribution in [-0.2, 0) is 6.18 Å². The van der Waals surface area contributed by atoms with Crippen molar-refractivity contribution >= 4 is 22.7 Å². The maximum absolute atomic E-state index is 12.9. The Morgan fingerprint density at radius 3 is 2.75 bits per heavy atom. The molecule has 0 aliphatic heterocycles. The summed E-state index contributed by atoms with van der Waals surface area (Å²) in [7, 11) is 0. The lowest BCUT2D eigenvalue weighted by molar-refractivity contribution is -0.140. The van der Waals surface area contributed by atoms with Crippen molar-refractivity contribution in [3.63, 3.8) is 0 Å². The number of aromatic nitrogens is 2. The van der Waals surface area contributed by atoms with Gasteiger partial charge in [0.05, 0.1) is 0 Å². The summed E-state index contributed by atoms with van der Waals surface area (Å²) in [4.78, 5) is 16.2. The summed E-state index contributed by atoms with van der Waals surface area (Å²) in [5, 5.41) is 2.86. The fourth-order valence-electron chi connectivity index (χ4n) is 3.63. The van der Waals surface area contributed by atoms with Crippen LogP contribution in [0.15, 0.2) is 24.4 Å². The summed E-state index contributed by atoms with van der Waals surface area (Å²) in [6.07, 6.45) is 1.71. The minimum absolute atomic E-state index is 0.0817. The second-order valence-electron chi connectivity index (χ2n) is 7.58. The van der Waals surface area contributed by atoms with E-state index >= 15 is 0 Å². The Hall–Kier alpha value is -2.05. The molecule has 1 unspecified atom stereocenters. The molecule has 0 radical (unpaired) electrons. The molecule has 1 fully saturated rings. The number of fused-ring (bicyclic) bond motifs is 1. The molecule has 1 amide bonds. The third-order valence-electron chi connectivity index (χ3n) is 5.51. The molecule has 1 saturated carbocycles. The van der Waals surface area contributed by atoms with Crippen LogP contribution in [0.1, 0.15) is 55.2 Å². The van der Waals surface area contributed by atoms with E-state index in [2.05, 4.69) is 17.2 Å². The second kappa shape index (κ2) is 8.13. The zero-order valence-electron chi connectivity index (χ0n) is 15.8. The molecular formula is C20H24F3N3OS. The van der Waals surface area contributed by atoms with Crippen molar-refractivity contribution in [3.8, 4) is 5.69 Å². The Bertz CT molecular complexity index is 898. The summed E-state index contributed by atoms with van der Waals surface area (Å²) < 4.78 is 40.0. The molecule has 1 aliphatic carbocycles. The molecule has 0 bridgehead atoms. The van der Waals surface area contributed by atoms with E-state index in [9.17, 15) is 18.0 Å². The van der Waals surface area contributed by atoms with Crippen LogP contribution in [-0.4, -0.2) is 27.6 Å². The highest BCUT2D eigenvalue weighted by Crippen LogP contribution is 2.44. The molecule has 1 atom stereocenters. The molecule has 1 N–H and O–H groups in total. The van der Waals surface area contributed by atoms with E-state index in [1.807, 2.05) is 0 Å². The number of imidazole rings is 1. The molecule has 4 nitrogen and oxygen atoms in total. The monoisotopic (exact) mass is 411 g/mol. The fourth-order valence-corrected chi connectivity index (χ4v) is 4.45. The van der Waals surface area contributed by atoms with E-state index in [1.165, 1.54) is 46.6 Å². The van der Waals surface area contributed by atoms with Gasteiger partial charge in [0, 0.05) is 18.5 Å². The van der Waals surface area contributed by atoms with Crippen molar-refractivity contribution in [3.05, 3.63) is 35.8 Å². The Kier molecular flexibility index (Phi) is 6.01. The predicted molar refractivity (Wildman–Crippen MR) is 105 cm³/mol. The lowest BCUT2D eigenvalue weighted by Gasteiger charge is -2.31. The maximum Gasteiger partial charge on any atom is 0.434 e. The van der Waals surface area contributed by atoms with Crippen LogP contribution < -0.4 is 5.32 Å². The molecule has 8 heteroatoms. The standard InChI is InChI=1S/C20H24F3N3OS/c1-3-19(13-28-2,11-14-7-8-14)9-10-24-18(27)15-5-4-6-17-25-16(12-26(15)17)20(21,22)23/h2,4-6,12,14H,3,7-11,13H2,1H3,(H,24,27). The largest absolute Gasteiger partial charge is 0.434 e.